The summed E-state index contributed by atoms with van der Waals surface area (Å²) in [7, 11) is 0. The van der Waals surface area contributed by atoms with Crippen molar-refractivity contribution in [3.05, 3.63) is 34.1 Å². The molecule has 1 atom stereocenters. The topological polar surface area (TPSA) is 23.6 Å². The maximum Gasteiger partial charge on any atom is 0.226 e. The third-order valence-electron chi connectivity index (χ3n) is 4.32. The third kappa shape index (κ3) is 4.29. The predicted molar refractivity (Wildman–Crippen MR) is 90.0 cm³/mol. The van der Waals surface area contributed by atoms with Crippen molar-refractivity contribution >= 4 is 21.8 Å². The molecule has 1 aromatic rings. The molecule has 1 heterocycles. The highest BCUT2D eigenvalue weighted by Crippen LogP contribution is 2.22. The number of hydrogen-bond donors (Lipinski definition) is 0. The number of nitrogens with zero attached hydrogens (tertiary/aromatic N) is 2. The van der Waals surface area contributed by atoms with E-state index in [0.29, 0.717) is 4.47 Å². The van der Waals surface area contributed by atoms with Gasteiger partial charge >= 0.3 is 0 Å². The van der Waals surface area contributed by atoms with Gasteiger partial charge < -0.3 is 4.90 Å². The molecule has 122 valence electrons. The number of benzene rings is 1. The maximum absolute atomic E-state index is 13.3. The first kappa shape index (κ1) is 17.4. The molecule has 22 heavy (non-hydrogen) atoms. The van der Waals surface area contributed by atoms with E-state index in [1.807, 2.05) is 30.9 Å². The Balaban J connectivity index is 1.98. The average Bonchev–Trinajstić information content (AvgIpc) is 2.52. The lowest BCUT2D eigenvalue weighted by Crippen LogP contribution is -2.44. The first-order valence-corrected chi connectivity index (χ1v) is 8.79. The summed E-state index contributed by atoms with van der Waals surface area (Å²) in [5.74, 6) is 0.129. The van der Waals surface area contributed by atoms with Crippen LogP contribution in [0.3, 0.4) is 0 Å². The smallest absolute Gasteiger partial charge is 0.226 e. The van der Waals surface area contributed by atoms with E-state index in [1.165, 1.54) is 6.07 Å². The number of halogens is 2. The largest absolute Gasteiger partial charge is 0.343 e. The minimum atomic E-state index is -0.239. The van der Waals surface area contributed by atoms with Crippen LogP contribution in [-0.4, -0.2) is 41.9 Å². The van der Waals surface area contributed by atoms with Crippen molar-refractivity contribution in [3.63, 3.8) is 0 Å². The molecule has 1 amide bonds. The van der Waals surface area contributed by atoms with Gasteiger partial charge in [0, 0.05) is 26.2 Å². The molecule has 0 spiro atoms. The molecule has 1 aliphatic rings. The van der Waals surface area contributed by atoms with E-state index in [0.717, 1.165) is 51.1 Å². The summed E-state index contributed by atoms with van der Waals surface area (Å²) in [4.78, 5) is 16.7. The van der Waals surface area contributed by atoms with Crippen molar-refractivity contribution in [1.29, 1.82) is 0 Å². The zero-order valence-corrected chi connectivity index (χ0v) is 14.9. The zero-order chi connectivity index (χ0) is 16.1. The SMILES string of the molecule is CCN(CC)C(=O)C1CCCN(Cc2ccc(F)c(Br)c2)C1. The van der Waals surface area contributed by atoms with Crippen LogP contribution >= 0.6 is 15.9 Å². The molecule has 0 aromatic heterocycles. The second-order valence-corrected chi connectivity index (χ2v) is 6.69. The highest BCUT2D eigenvalue weighted by molar-refractivity contribution is 9.10. The lowest BCUT2D eigenvalue weighted by atomic mass is 9.96. The number of carbonyl (C=O) groups excluding carboxylic acids is 1. The van der Waals surface area contributed by atoms with E-state index in [1.54, 1.807) is 0 Å². The first-order chi connectivity index (χ1) is 10.5. The summed E-state index contributed by atoms with van der Waals surface area (Å²) in [6.45, 7) is 8.16. The minimum absolute atomic E-state index is 0.0949. The molecule has 2 rings (SSSR count). The van der Waals surface area contributed by atoms with Crippen LogP contribution in [0.25, 0.3) is 0 Å². The average molecular weight is 371 g/mol. The van der Waals surface area contributed by atoms with Crippen LogP contribution < -0.4 is 0 Å². The zero-order valence-electron chi connectivity index (χ0n) is 13.3. The van der Waals surface area contributed by atoms with E-state index in [2.05, 4.69) is 20.8 Å². The molecule has 1 fully saturated rings. The fourth-order valence-corrected chi connectivity index (χ4v) is 3.52. The number of piperidine rings is 1. The molecular weight excluding hydrogens is 347 g/mol. The summed E-state index contributed by atoms with van der Waals surface area (Å²) in [5, 5.41) is 0. The van der Waals surface area contributed by atoms with Crippen molar-refractivity contribution in [2.24, 2.45) is 5.92 Å². The van der Waals surface area contributed by atoms with Crippen LogP contribution in [0.2, 0.25) is 0 Å². The van der Waals surface area contributed by atoms with Crippen molar-refractivity contribution in [1.82, 2.24) is 9.80 Å². The second-order valence-electron chi connectivity index (χ2n) is 5.83. The molecule has 0 saturated carbocycles. The van der Waals surface area contributed by atoms with Crippen molar-refractivity contribution in [3.8, 4) is 0 Å². The molecule has 0 N–H and O–H groups in total. The van der Waals surface area contributed by atoms with E-state index >= 15 is 0 Å². The number of hydrogen-bond acceptors (Lipinski definition) is 2. The quantitative estimate of drug-likeness (QED) is 0.789. The first-order valence-electron chi connectivity index (χ1n) is 8.00. The van der Waals surface area contributed by atoms with Gasteiger partial charge in [0.05, 0.1) is 10.4 Å². The van der Waals surface area contributed by atoms with Crippen molar-refractivity contribution < 1.29 is 9.18 Å². The molecule has 1 unspecified atom stereocenters. The van der Waals surface area contributed by atoms with Gasteiger partial charge in [-0.25, -0.2) is 4.39 Å². The van der Waals surface area contributed by atoms with E-state index in [4.69, 9.17) is 0 Å². The van der Waals surface area contributed by atoms with Crippen LogP contribution in [0, 0.1) is 11.7 Å². The third-order valence-corrected chi connectivity index (χ3v) is 4.93. The van der Waals surface area contributed by atoms with Gasteiger partial charge in [-0.1, -0.05) is 6.07 Å². The number of amides is 1. The monoisotopic (exact) mass is 370 g/mol. The minimum Gasteiger partial charge on any atom is -0.343 e. The highest BCUT2D eigenvalue weighted by Gasteiger charge is 2.28. The molecule has 3 nitrogen and oxygen atoms in total. The normalized spacial score (nSPS) is 19.2. The number of rotatable bonds is 5. The van der Waals surface area contributed by atoms with Gasteiger partial charge in [-0.15, -0.1) is 0 Å². The van der Waals surface area contributed by atoms with Crippen molar-refractivity contribution in [2.75, 3.05) is 26.2 Å². The van der Waals surface area contributed by atoms with Crippen molar-refractivity contribution in [2.45, 2.75) is 33.2 Å². The standard InChI is InChI=1S/C17H24BrFN2O/c1-3-21(4-2)17(22)14-6-5-9-20(12-14)11-13-7-8-16(19)15(18)10-13/h7-8,10,14H,3-6,9,11-12H2,1-2H3. The number of likely N-dealkylation sites (tertiary alicyclic amines) is 1. The van der Waals surface area contributed by atoms with E-state index in [-0.39, 0.29) is 17.6 Å². The Morgan fingerprint density at radius 2 is 2.14 bits per heavy atom. The molecule has 5 heteroatoms. The van der Waals surface area contributed by atoms with Crippen LogP contribution in [-0.2, 0) is 11.3 Å². The summed E-state index contributed by atoms with van der Waals surface area (Å²) < 4.78 is 13.8. The van der Waals surface area contributed by atoms with Crippen LogP contribution in [0.1, 0.15) is 32.3 Å². The highest BCUT2D eigenvalue weighted by atomic mass is 79.9. The Kier molecular flexibility index (Phi) is 6.38. The van der Waals surface area contributed by atoms with Crippen LogP contribution in [0.15, 0.2) is 22.7 Å². The Hall–Kier alpha value is -0.940. The van der Waals surface area contributed by atoms with E-state index < -0.39 is 0 Å². The molecule has 0 aliphatic carbocycles. The Labute approximate surface area is 140 Å². The van der Waals surface area contributed by atoms with Crippen LogP contribution in [0.4, 0.5) is 4.39 Å². The second kappa shape index (κ2) is 8.06. The van der Waals surface area contributed by atoms with Crippen LogP contribution in [0.5, 0.6) is 0 Å². The molecule has 1 aromatic carbocycles. The Morgan fingerprint density at radius 1 is 1.41 bits per heavy atom. The predicted octanol–water partition coefficient (Wildman–Crippen LogP) is 3.67. The summed E-state index contributed by atoms with van der Waals surface area (Å²) in [6, 6.07) is 5.13. The van der Waals surface area contributed by atoms with Gasteiger partial charge in [-0.3, -0.25) is 9.69 Å². The lowest BCUT2D eigenvalue weighted by molar-refractivity contribution is -0.137. The van der Waals surface area contributed by atoms with Gasteiger partial charge in [0.1, 0.15) is 5.82 Å². The Bertz CT molecular complexity index is 519. The van der Waals surface area contributed by atoms with Gasteiger partial charge in [0.15, 0.2) is 0 Å². The molecule has 1 saturated heterocycles. The molecule has 1 aliphatic heterocycles. The van der Waals surface area contributed by atoms with E-state index in [9.17, 15) is 9.18 Å². The molecule has 0 bridgehead atoms. The number of carbonyl (C=O) groups is 1. The van der Waals surface area contributed by atoms with Gasteiger partial charge in [-0.2, -0.15) is 0 Å². The summed E-state index contributed by atoms with van der Waals surface area (Å²) in [5.41, 5.74) is 1.07. The maximum atomic E-state index is 13.3. The van der Waals surface area contributed by atoms with Gasteiger partial charge in [0.2, 0.25) is 5.91 Å². The lowest BCUT2D eigenvalue weighted by Gasteiger charge is -2.34. The van der Waals surface area contributed by atoms with Gasteiger partial charge in [0.25, 0.3) is 0 Å². The van der Waals surface area contributed by atoms with Gasteiger partial charge in [-0.05, 0) is 66.9 Å². The fourth-order valence-electron chi connectivity index (χ4n) is 3.09. The fraction of sp³-hybridized carbons (Fsp3) is 0.588. The summed E-state index contributed by atoms with van der Waals surface area (Å²) >= 11 is 3.23. The molecule has 0 radical (unpaired) electrons. The summed E-state index contributed by atoms with van der Waals surface area (Å²) in [6.07, 6.45) is 2.01. The Morgan fingerprint density at radius 3 is 2.77 bits per heavy atom. The molecular formula is C17H24BrFN2O.